The molecule has 0 bridgehead atoms. The Morgan fingerprint density at radius 2 is 0.729 bits per heavy atom. The molecule has 48 heavy (non-hydrogen) atoms. The molecule has 1 nitrogen and oxygen atoms in total. The molecule has 29 heteroatoms. The molecule has 278 valence electrons. The molecule has 0 radical (unpaired) electrons. The van der Waals surface area contributed by atoms with Crippen molar-refractivity contribution in [2.24, 2.45) is 5.41 Å². The van der Waals surface area contributed by atoms with Crippen LogP contribution in [0.5, 0.6) is 0 Å². The van der Waals surface area contributed by atoms with Gasteiger partial charge in [0.15, 0.2) is 29.1 Å². The SMILES string of the molecule is O=C1c2c(F)c(F)c(F)c(F)c2C(F)(F)C(F)(F)C1(C(F)(F)C(F)(F)F)C(F)(F)C(F)(F)C(F)(F)C(F)(F)C(F)(F)C(F)(F)C(F)(F)F. The van der Waals surface area contributed by atoms with Gasteiger partial charge < -0.3 is 0 Å². The van der Waals surface area contributed by atoms with Crippen LogP contribution in [-0.4, -0.2) is 65.5 Å². The molecule has 0 N–H and O–H groups in total. The van der Waals surface area contributed by atoms with Crippen LogP contribution >= 0.6 is 0 Å². The number of alkyl halides is 24. The van der Waals surface area contributed by atoms with Crippen molar-refractivity contribution in [2.75, 3.05) is 0 Å². The molecule has 1 aliphatic rings. The number of hydrogen-bond donors (Lipinski definition) is 0. The highest BCUT2D eigenvalue weighted by atomic mass is 19.4. The van der Waals surface area contributed by atoms with Crippen LogP contribution in [0.25, 0.3) is 0 Å². The third-order valence-electron chi connectivity index (χ3n) is 6.64. The Morgan fingerprint density at radius 3 is 1.08 bits per heavy atom. The van der Waals surface area contributed by atoms with E-state index in [0.717, 1.165) is 0 Å². The fourth-order valence-corrected chi connectivity index (χ4v) is 4.15. The number of carbonyl (C=O) groups excluding carboxylic acids is 1. The van der Waals surface area contributed by atoms with Crippen molar-refractivity contribution in [1.29, 1.82) is 0 Å². The summed E-state index contributed by atoms with van der Waals surface area (Å²) in [5, 5.41) is 0. The average Bonchev–Trinajstić information content (AvgIpc) is 2.86. The molecule has 0 aromatic heterocycles. The van der Waals surface area contributed by atoms with Crippen molar-refractivity contribution in [3.05, 3.63) is 34.4 Å². The highest BCUT2D eigenvalue weighted by Gasteiger charge is 3.03. The molecule has 0 spiro atoms. The molecule has 1 atom stereocenters. The van der Waals surface area contributed by atoms with Gasteiger partial charge in [-0.25, -0.2) is 17.6 Å². The molecular weight excluding hydrogens is 776 g/mol. The number of rotatable bonds is 7. The van der Waals surface area contributed by atoms with Crippen molar-refractivity contribution in [2.45, 2.75) is 65.7 Å². The molecule has 1 aromatic rings. The molecule has 1 unspecified atom stereocenters. The van der Waals surface area contributed by atoms with E-state index in [1.165, 1.54) is 0 Å². The summed E-state index contributed by atoms with van der Waals surface area (Å²) in [6, 6.07) is 0. The first-order chi connectivity index (χ1) is 20.5. The molecule has 2 rings (SSSR count). The predicted octanol–water partition coefficient (Wildman–Crippen LogP) is 9.72. The summed E-state index contributed by atoms with van der Waals surface area (Å²) in [6.07, 6.45) is -17.2. The third-order valence-corrected chi connectivity index (χ3v) is 6.64. The highest BCUT2D eigenvalue weighted by molar-refractivity contribution is 6.06. The van der Waals surface area contributed by atoms with Crippen LogP contribution in [0.4, 0.5) is 123 Å². The Morgan fingerprint density at radius 1 is 0.396 bits per heavy atom. The minimum absolute atomic E-state index is 3.90. The Kier molecular flexibility index (Phi) is 8.57. The molecule has 0 saturated carbocycles. The molecule has 0 heterocycles. The number of halogens is 28. The van der Waals surface area contributed by atoms with Crippen molar-refractivity contribution >= 4 is 5.78 Å². The summed E-state index contributed by atoms with van der Waals surface area (Å²) in [4.78, 5) is 12.4. The lowest BCUT2D eigenvalue weighted by Gasteiger charge is -2.54. The maximum Gasteiger partial charge on any atom is 0.460 e. The van der Waals surface area contributed by atoms with Crippen LogP contribution in [0.1, 0.15) is 15.9 Å². The van der Waals surface area contributed by atoms with Gasteiger partial charge in [-0.1, -0.05) is 0 Å². The molecule has 0 amide bonds. The van der Waals surface area contributed by atoms with Gasteiger partial charge in [-0.15, -0.1) is 0 Å². The van der Waals surface area contributed by atoms with Crippen LogP contribution in [0.3, 0.4) is 0 Å². The first-order valence-electron chi connectivity index (χ1n) is 10.5. The Bertz CT molecular complexity index is 1490. The maximum atomic E-state index is 15.1. The zero-order valence-electron chi connectivity index (χ0n) is 20.5. The molecule has 0 fully saturated rings. The fraction of sp³-hybridized carbons (Fsp3) is 0.632. The standard InChI is InChI=1S/C19F28O/c20-3-1-2(4(21)6(23)5(3)22)9(24,25)10(26,27)8(7(1)48,12(30,31)18(42,43)44)11(28,29)13(32,33)14(34,35)15(36,37)16(38,39)17(40,41)19(45,46)47. The molecule has 0 aliphatic heterocycles. The zero-order valence-corrected chi connectivity index (χ0v) is 20.5. The van der Waals surface area contributed by atoms with Crippen LogP contribution in [-0.2, 0) is 5.92 Å². The summed E-state index contributed by atoms with van der Waals surface area (Å²) < 4.78 is 388. The van der Waals surface area contributed by atoms with Gasteiger partial charge in [0.2, 0.25) is 5.41 Å². The lowest BCUT2D eigenvalue weighted by molar-refractivity contribution is -0.481. The van der Waals surface area contributed by atoms with E-state index in [1.54, 1.807) is 0 Å². The van der Waals surface area contributed by atoms with Gasteiger partial charge in [-0.3, -0.25) is 4.79 Å². The van der Waals surface area contributed by atoms with E-state index in [4.69, 9.17) is 0 Å². The summed E-state index contributed by atoms with van der Waals surface area (Å²) in [5.74, 6) is -107. The minimum atomic E-state index is -10.1. The van der Waals surface area contributed by atoms with E-state index in [2.05, 4.69) is 0 Å². The van der Waals surface area contributed by atoms with Gasteiger partial charge in [-0.05, 0) is 0 Å². The molecular formula is C19F28O. The Labute approximate surface area is 240 Å². The molecule has 1 aromatic carbocycles. The van der Waals surface area contributed by atoms with Crippen molar-refractivity contribution < 1.29 is 128 Å². The summed E-state index contributed by atoms with van der Waals surface area (Å²) in [7, 11) is 0. The highest BCUT2D eigenvalue weighted by Crippen LogP contribution is 2.75. The number of carbonyl (C=O) groups is 1. The van der Waals surface area contributed by atoms with Crippen molar-refractivity contribution in [3.8, 4) is 0 Å². The van der Waals surface area contributed by atoms with Gasteiger partial charge in [-0.2, -0.15) is 105 Å². The minimum Gasteiger partial charge on any atom is -0.293 e. The van der Waals surface area contributed by atoms with Crippen molar-refractivity contribution in [3.63, 3.8) is 0 Å². The van der Waals surface area contributed by atoms with E-state index >= 15 is 8.78 Å². The van der Waals surface area contributed by atoms with E-state index in [9.17, 15) is 119 Å². The van der Waals surface area contributed by atoms with Gasteiger partial charge in [0.1, 0.15) is 0 Å². The number of fused-ring (bicyclic) bond motifs is 1. The fourth-order valence-electron chi connectivity index (χ4n) is 4.15. The smallest absolute Gasteiger partial charge is 0.293 e. The number of ketones is 1. The lowest BCUT2D eigenvalue weighted by atomic mass is 9.56. The Hall–Kier alpha value is -3.07. The molecule has 0 saturated heterocycles. The Balaban J connectivity index is 3.37. The largest absolute Gasteiger partial charge is 0.460 e. The average molecular weight is 776 g/mol. The topological polar surface area (TPSA) is 17.1 Å². The van der Waals surface area contributed by atoms with E-state index in [1.807, 2.05) is 0 Å². The third kappa shape index (κ3) is 4.08. The second-order valence-electron chi connectivity index (χ2n) is 9.25. The van der Waals surface area contributed by atoms with Gasteiger partial charge in [0.25, 0.3) is 0 Å². The van der Waals surface area contributed by atoms with Crippen LogP contribution in [0.2, 0.25) is 0 Å². The monoisotopic (exact) mass is 776 g/mol. The van der Waals surface area contributed by atoms with Gasteiger partial charge in [0.05, 0.1) is 11.1 Å². The first-order valence-corrected chi connectivity index (χ1v) is 10.5. The number of Topliss-reactive ketones (excluding diaryl/α,β-unsaturated/α-hetero) is 1. The van der Waals surface area contributed by atoms with E-state index < -0.39 is 111 Å². The van der Waals surface area contributed by atoms with Gasteiger partial charge >= 0.3 is 65.7 Å². The summed E-state index contributed by atoms with van der Waals surface area (Å²) >= 11 is 0. The summed E-state index contributed by atoms with van der Waals surface area (Å²) in [6.45, 7) is 0. The van der Waals surface area contributed by atoms with Crippen LogP contribution < -0.4 is 0 Å². The lowest BCUT2D eigenvalue weighted by Crippen LogP contribution is -2.83. The zero-order chi connectivity index (χ0) is 39.0. The van der Waals surface area contributed by atoms with Gasteiger partial charge in [0, 0.05) is 0 Å². The normalized spacial score (nSPS) is 21.8. The second-order valence-corrected chi connectivity index (χ2v) is 9.25. The maximum absolute atomic E-state index is 15.1. The quantitative estimate of drug-likeness (QED) is 0.153. The summed E-state index contributed by atoms with van der Waals surface area (Å²) in [5.41, 5.74) is -18.5. The van der Waals surface area contributed by atoms with Crippen LogP contribution in [0, 0.1) is 28.7 Å². The second kappa shape index (κ2) is 10.0. The predicted molar refractivity (Wildman–Crippen MR) is 88.6 cm³/mol. The van der Waals surface area contributed by atoms with Crippen molar-refractivity contribution in [1.82, 2.24) is 0 Å². The number of benzene rings is 1. The molecule has 1 aliphatic carbocycles. The van der Waals surface area contributed by atoms with Crippen LogP contribution in [0.15, 0.2) is 0 Å². The number of hydrogen-bond acceptors (Lipinski definition) is 1. The first kappa shape index (κ1) is 41.1. The van der Waals surface area contributed by atoms with E-state index in [0.29, 0.717) is 0 Å². The van der Waals surface area contributed by atoms with E-state index in [-0.39, 0.29) is 0 Å².